The second-order valence-electron chi connectivity index (χ2n) is 7.50. The highest BCUT2D eigenvalue weighted by atomic mass is 32.1. The van der Waals surface area contributed by atoms with Gasteiger partial charge in [0.2, 0.25) is 0 Å². The van der Waals surface area contributed by atoms with Gasteiger partial charge < -0.3 is 14.8 Å². The summed E-state index contributed by atoms with van der Waals surface area (Å²) >= 11 is 5.79. The van der Waals surface area contributed by atoms with Gasteiger partial charge in [-0.25, -0.2) is 0 Å². The van der Waals surface area contributed by atoms with Crippen molar-refractivity contribution in [1.29, 1.82) is 0 Å². The maximum atomic E-state index is 5.79. The van der Waals surface area contributed by atoms with Crippen LogP contribution in [0.3, 0.4) is 0 Å². The van der Waals surface area contributed by atoms with Gasteiger partial charge in [-0.3, -0.25) is 15.0 Å². The lowest BCUT2D eigenvalue weighted by atomic mass is 10.0. The molecule has 4 aromatic heterocycles. The van der Waals surface area contributed by atoms with Crippen molar-refractivity contribution in [2.45, 2.75) is 25.2 Å². The van der Waals surface area contributed by atoms with Crippen LogP contribution in [0.4, 0.5) is 0 Å². The fourth-order valence-corrected chi connectivity index (χ4v) is 4.40. The second kappa shape index (κ2) is 8.65. The van der Waals surface area contributed by atoms with E-state index in [1.54, 1.807) is 6.20 Å². The summed E-state index contributed by atoms with van der Waals surface area (Å²) in [5.74, 6) is 0. The van der Waals surface area contributed by atoms with Crippen molar-refractivity contribution >= 4 is 17.3 Å². The van der Waals surface area contributed by atoms with E-state index in [1.165, 1.54) is 0 Å². The van der Waals surface area contributed by atoms with Crippen molar-refractivity contribution in [2.75, 3.05) is 0 Å². The lowest BCUT2D eigenvalue weighted by Gasteiger charge is -2.29. The smallest absolute Gasteiger partial charge is 0.170 e. The highest BCUT2D eigenvalue weighted by molar-refractivity contribution is 7.80. The first-order chi connectivity index (χ1) is 15.3. The Morgan fingerprint density at radius 3 is 2.48 bits per heavy atom. The topological polar surface area (TPSA) is 58.9 Å². The number of hydrogen-bond donors (Lipinski definition) is 1. The Morgan fingerprint density at radius 2 is 1.74 bits per heavy atom. The van der Waals surface area contributed by atoms with Gasteiger partial charge in [0.1, 0.15) is 0 Å². The number of rotatable bonds is 6. The predicted octanol–water partition coefficient (Wildman–Crippen LogP) is 3.89. The first kappa shape index (κ1) is 19.4. The summed E-state index contributed by atoms with van der Waals surface area (Å²) in [7, 11) is 0. The molecule has 31 heavy (non-hydrogen) atoms. The van der Waals surface area contributed by atoms with Crippen LogP contribution < -0.4 is 5.32 Å². The van der Waals surface area contributed by atoms with Gasteiger partial charge in [0.05, 0.1) is 30.0 Å². The van der Waals surface area contributed by atoms with Gasteiger partial charge in [-0.2, -0.15) is 0 Å². The summed E-state index contributed by atoms with van der Waals surface area (Å²) in [5.41, 5.74) is 4.26. The summed E-state index contributed by atoms with van der Waals surface area (Å²) in [6.45, 7) is 1.37. The summed E-state index contributed by atoms with van der Waals surface area (Å²) in [5, 5.41) is 4.23. The lowest BCUT2D eigenvalue weighted by molar-refractivity contribution is 0.298. The second-order valence-corrected chi connectivity index (χ2v) is 7.88. The van der Waals surface area contributed by atoms with Gasteiger partial charge >= 0.3 is 0 Å². The Balaban J connectivity index is 1.54. The minimum atomic E-state index is -0.0530. The third-order valence-electron chi connectivity index (χ3n) is 5.50. The molecule has 0 amide bonds. The standard InChI is InChI=1S/C24H22N6S/c31-24-28-22(20-9-2-4-13-27-20)23(30(24)16-18-7-5-11-25-15-18)21-10-6-14-29(21)17-19-8-1-3-12-26-19/h1-15,22-23H,16-17H2,(H,28,31)/t22-,23+/m0/s1. The van der Waals surface area contributed by atoms with E-state index < -0.39 is 0 Å². The van der Waals surface area contributed by atoms with E-state index in [4.69, 9.17) is 12.2 Å². The normalized spacial score (nSPS) is 18.2. The molecule has 1 N–H and O–H groups in total. The Hall–Kier alpha value is -3.58. The van der Waals surface area contributed by atoms with Gasteiger partial charge in [-0.1, -0.05) is 18.2 Å². The minimum absolute atomic E-state index is 0.0127. The quantitative estimate of drug-likeness (QED) is 0.472. The molecule has 4 aromatic rings. The van der Waals surface area contributed by atoms with E-state index in [0.717, 1.165) is 27.8 Å². The molecule has 0 aromatic carbocycles. The van der Waals surface area contributed by atoms with Crippen LogP contribution in [0.15, 0.2) is 91.6 Å². The van der Waals surface area contributed by atoms with E-state index in [0.29, 0.717) is 13.1 Å². The number of nitrogens with one attached hydrogen (secondary N) is 1. The van der Waals surface area contributed by atoms with Gasteiger partial charge in [0, 0.05) is 43.2 Å². The Labute approximate surface area is 186 Å². The van der Waals surface area contributed by atoms with Crippen molar-refractivity contribution in [3.63, 3.8) is 0 Å². The summed E-state index contributed by atoms with van der Waals surface area (Å²) < 4.78 is 2.24. The fraction of sp³-hybridized carbons (Fsp3) is 0.167. The van der Waals surface area contributed by atoms with E-state index in [-0.39, 0.29) is 12.1 Å². The number of nitrogens with zero attached hydrogens (tertiary/aromatic N) is 5. The molecule has 5 heterocycles. The third-order valence-corrected chi connectivity index (χ3v) is 5.85. The van der Waals surface area contributed by atoms with E-state index in [9.17, 15) is 0 Å². The zero-order valence-electron chi connectivity index (χ0n) is 16.9. The van der Waals surface area contributed by atoms with Crippen LogP contribution >= 0.6 is 12.2 Å². The van der Waals surface area contributed by atoms with E-state index in [2.05, 4.69) is 54.1 Å². The average molecular weight is 427 g/mol. The summed E-state index contributed by atoms with van der Waals surface area (Å²) in [4.78, 5) is 15.6. The van der Waals surface area contributed by atoms with Crippen molar-refractivity contribution in [3.8, 4) is 0 Å². The van der Waals surface area contributed by atoms with Gasteiger partial charge in [0.15, 0.2) is 5.11 Å². The van der Waals surface area contributed by atoms with Crippen LogP contribution in [0.1, 0.15) is 34.7 Å². The maximum Gasteiger partial charge on any atom is 0.170 e. The number of pyridine rings is 3. The lowest BCUT2D eigenvalue weighted by Crippen LogP contribution is -2.30. The van der Waals surface area contributed by atoms with Crippen LogP contribution in [-0.4, -0.2) is 29.5 Å². The predicted molar refractivity (Wildman–Crippen MR) is 123 cm³/mol. The maximum absolute atomic E-state index is 5.79. The van der Waals surface area contributed by atoms with Gasteiger partial charge in [0.25, 0.3) is 0 Å². The summed E-state index contributed by atoms with van der Waals surface area (Å²) in [6, 6.07) is 20.2. The molecule has 1 aliphatic heterocycles. The van der Waals surface area contributed by atoms with Crippen LogP contribution in [0.2, 0.25) is 0 Å². The van der Waals surface area contributed by atoms with Crippen LogP contribution in [-0.2, 0) is 13.1 Å². The molecule has 0 saturated carbocycles. The zero-order chi connectivity index (χ0) is 21.0. The molecule has 1 aliphatic rings. The highest BCUT2D eigenvalue weighted by Gasteiger charge is 2.41. The van der Waals surface area contributed by atoms with Crippen LogP contribution in [0.25, 0.3) is 0 Å². The van der Waals surface area contributed by atoms with Crippen LogP contribution in [0.5, 0.6) is 0 Å². The van der Waals surface area contributed by atoms with Crippen molar-refractivity contribution in [3.05, 3.63) is 114 Å². The Morgan fingerprint density at radius 1 is 0.871 bits per heavy atom. The van der Waals surface area contributed by atoms with Crippen molar-refractivity contribution in [1.82, 2.24) is 29.7 Å². The fourth-order valence-electron chi connectivity index (χ4n) is 4.09. The average Bonchev–Trinajstić information content (AvgIpc) is 3.40. The molecule has 1 fully saturated rings. The highest BCUT2D eigenvalue weighted by Crippen LogP contribution is 2.39. The van der Waals surface area contributed by atoms with E-state index in [1.807, 2.05) is 61.1 Å². The number of thiocarbonyl (C=S) groups is 1. The van der Waals surface area contributed by atoms with Crippen LogP contribution in [0, 0.1) is 0 Å². The van der Waals surface area contributed by atoms with Gasteiger partial charge in [-0.15, -0.1) is 0 Å². The Bertz CT molecular complexity index is 1150. The first-order valence-corrected chi connectivity index (χ1v) is 10.6. The van der Waals surface area contributed by atoms with Crippen molar-refractivity contribution < 1.29 is 0 Å². The SMILES string of the molecule is S=C1N[C@@H](c2ccccn2)[C@@H](c2cccn2Cc2ccccn2)N1Cc1cccnc1. The molecule has 5 rings (SSSR count). The molecule has 1 saturated heterocycles. The number of aromatic nitrogens is 4. The number of hydrogen-bond acceptors (Lipinski definition) is 4. The monoisotopic (exact) mass is 426 g/mol. The molecular weight excluding hydrogens is 404 g/mol. The largest absolute Gasteiger partial charge is 0.352 e. The third kappa shape index (κ3) is 4.04. The molecule has 0 bridgehead atoms. The molecule has 7 heteroatoms. The van der Waals surface area contributed by atoms with Crippen molar-refractivity contribution in [2.24, 2.45) is 0 Å². The molecule has 2 atom stereocenters. The Kier molecular flexibility index (Phi) is 5.41. The molecular formula is C24H22N6S. The summed E-state index contributed by atoms with van der Waals surface area (Å²) in [6.07, 6.45) is 9.43. The molecule has 154 valence electrons. The molecule has 6 nitrogen and oxygen atoms in total. The molecule has 0 aliphatic carbocycles. The first-order valence-electron chi connectivity index (χ1n) is 10.2. The van der Waals surface area contributed by atoms with Gasteiger partial charge in [-0.05, 0) is 60.2 Å². The zero-order valence-corrected chi connectivity index (χ0v) is 17.7. The minimum Gasteiger partial charge on any atom is -0.352 e. The molecule has 0 unspecified atom stereocenters. The van der Waals surface area contributed by atoms with E-state index >= 15 is 0 Å². The molecule has 0 radical (unpaired) electrons. The molecule has 0 spiro atoms.